The Labute approximate surface area is 98.0 Å². The van der Waals surface area contributed by atoms with Crippen molar-refractivity contribution >= 4 is 5.91 Å². The van der Waals surface area contributed by atoms with Gasteiger partial charge in [0.05, 0.1) is 6.54 Å². The Bertz CT molecular complexity index is 243. The van der Waals surface area contributed by atoms with Crippen LogP contribution in [0.3, 0.4) is 0 Å². The van der Waals surface area contributed by atoms with Gasteiger partial charge in [0, 0.05) is 32.7 Å². The zero-order valence-electron chi connectivity index (χ0n) is 10.4. The number of rotatable bonds is 3. The second-order valence-electron chi connectivity index (χ2n) is 5.06. The van der Waals surface area contributed by atoms with Gasteiger partial charge >= 0.3 is 0 Å². The molecule has 2 fully saturated rings. The number of hydrogen-bond acceptors (Lipinski definition) is 3. The van der Waals surface area contributed by atoms with E-state index >= 15 is 0 Å². The van der Waals surface area contributed by atoms with Crippen molar-refractivity contribution in [3.63, 3.8) is 0 Å². The number of likely N-dealkylation sites (tertiary alicyclic amines) is 1. The van der Waals surface area contributed by atoms with Crippen molar-refractivity contribution < 1.29 is 4.79 Å². The summed E-state index contributed by atoms with van der Waals surface area (Å²) in [5.74, 6) is 1.02. The van der Waals surface area contributed by atoms with Crippen molar-refractivity contribution in [1.82, 2.24) is 15.1 Å². The lowest BCUT2D eigenvalue weighted by Gasteiger charge is -2.24. The molecule has 4 heteroatoms. The lowest BCUT2D eigenvalue weighted by molar-refractivity contribution is -0.130. The third kappa shape index (κ3) is 2.55. The maximum atomic E-state index is 11.8. The molecule has 16 heavy (non-hydrogen) atoms. The largest absolute Gasteiger partial charge is 0.345 e. The maximum Gasteiger partial charge on any atom is 0.236 e. The van der Waals surface area contributed by atoms with Crippen molar-refractivity contribution in [2.75, 3.05) is 39.8 Å². The first kappa shape index (κ1) is 11.9. The van der Waals surface area contributed by atoms with E-state index in [2.05, 4.69) is 10.2 Å². The third-order valence-electron chi connectivity index (χ3n) is 3.93. The standard InChI is InChI=1S/C12H23N3O/c1-3-14(2)12(16)9-15-7-10-5-4-6-13-11(10)8-15/h10-11,13H,3-9H2,1-2H3/t10-,11+/m0/s1. The molecule has 1 N–H and O–H groups in total. The van der Waals surface area contributed by atoms with Gasteiger partial charge in [0.1, 0.15) is 0 Å². The molecule has 2 atom stereocenters. The molecule has 92 valence electrons. The molecule has 0 aromatic rings. The fourth-order valence-electron chi connectivity index (χ4n) is 2.75. The van der Waals surface area contributed by atoms with Gasteiger partial charge in [-0.1, -0.05) is 0 Å². The average Bonchev–Trinajstić information content (AvgIpc) is 2.69. The number of fused-ring (bicyclic) bond motifs is 1. The van der Waals surface area contributed by atoms with Crippen molar-refractivity contribution in [1.29, 1.82) is 0 Å². The van der Waals surface area contributed by atoms with E-state index in [1.807, 2.05) is 14.0 Å². The number of likely N-dealkylation sites (N-methyl/N-ethyl adjacent to an activating group) is 1. The molecular weight excluding hydrogens is 202 g/mol. The van der Waals surface area contributed by atoms with E-state index in [1.165, 1.54) is 12.8 Å². The van der Waals surface area contributed by atoms with Crippen LogP contribution < -0.4 is 5.32 Å². The zero-order valence-corrected chi connectivity index (χ0v) is 10.4. The van der Waals surface area contributed by atoms with Gasteiger partial charge in [-0.2, -0.15) is 0 Å². The number of amides is 1. The van der Waals surface area contributed by atoms with Crippen LogP contribution in [0.2, 0.25) is 0 Å². The van der Waals surface area contributed by atoms with Gasteiger partial charge in [-0.15, -0.1) is 0 Å². The fraction of sp³-hybridized carbons (Fsp3) is 0.917. The van der Waals surface area contributed by atoms with E-state index in [9.17, 15) is 4.79 Å². The zero-order chi connectivity index (χ0) is 11.5. The van der Waals surface area contributed by atoms with Crippen LogP contribution >= 0.6 is 0 Å². The molecule has 4 nitrogen and oxygen atoms in total. The highest BCUT2D eigenvalue weighted by molar-refractivity contribution is 5.77. The number of nitrogens with one attached hydrogen (secondary N) is 1. The Kier molecular flexibility index (Phi) is 3.82. The van der Waals surface area contributed by atoms with Gasteiger partial charge in [-0.25, -0.2) is 0 Å². The van der Waals surface area contributed by atoms with Crippen molar-refractivity contribution in [2.24, 2.45) is 5.92 Å². The molecule has 2 heterocycles. The van der Waals surface area contributed by atoms with E-state index in [0.717, 1.165) is 32.1 Å². The van der Waals surface area contributed by atoms with E-state index in [4.69, 9.17) is 0 Å². The summed E-state index contributed by atoms with van der Waals surface area (Å²) < 4.78 is 0. The Balaban J connectivity index is 1.82. The Morgan fingerprint density at radius 2 is 2.31 bits per heavy atom. The average molecular weight is 225 g/mol. The van der Waals surface area contributed by atoms with E-state index < -0.39 is 0 Å². The fourth-order valence-corrected chi connectivity index (χ4v) is 2.75. The van der Waals surface area contributed by atoms with Gasteiger partial charge in [0.25, 0.3) is 0 Å². The van der Waals surface area contributed by atoms with Gasteiger partial charge in [0.15, 0.2) is 0 Å². The summed E-state index contributed by atoms with van der Waals surface area (Å²) in [6.45, 7) is 6.72. The second kappa shape index (κ2) is 5.15. The normalized spacial score (nSPS) is 30.1. The van der Waals surface area contributed by atoms with Crippen molar-refractivity contribution in [3.8, 4) is 0 Å². The monoisotopic (exact) mass is 225 g/mol. The topological polar surface area (TPSA) is 35.6 Å². The van der Waals surface area contributed by atoms with E-state index in [1.54, 1.807) is 4.90 Å². The summed E-state index contributed by atoms with van der Waals surface area (Å²) in [4.78, 5) is 15.9. The second-order valence-corrected chi connectivity index (χ2v) is 5.06. The van der Waals surface area contributed by atoms with Crippen molar-refractivity contribution in [3.05, 3.63) is 0 Å². The highest BCUT2D eigenvalue weighted by Gasteiger charge is 2.34. The number of carbonyl (C=O) groups excluding carboxylic acids is 1. The van der Waals surface area contributed by atoms with Crippen molar-refractivity contribution in [2.45, 2.75) is 25.8 Å². The highest BCUT2D eigenvalue weighted by atomic mass is 16.2. The van der Waals surface area contributed by atoms with Crippen LogP contribution in [0.4, 0.5) is 0 Å². The Hall–Kier alpha value is -0.610. The maximum absolute atomic E-state index is 11.8. The van der Waals surface area contributed by atoms with Gasteiger partial charge in [0.2, 0.25) is 5.91 Å². The third-order valence-corrected chi connectivity index (χ3v) is 3.93. The van der Waals surface area contributed by atoms with Gasteiger partial charge < -0.3 is 10.2 Å². The molecular formula is C12H23N3O. The number of piperidine rings is 1. The minimum Gasteiger partial charge on any atom is -0.345 e. The molecule has 0 radical (unpaired) electrons. The molecule has 0 aliphatic carbocycles. The first-order chi connectivity index (χ1) is 7.70. The van der Waals surface area contributed by atoms with E-state index in [0.29, 0.717) is 12.6 Å². The highest BCUT2D eigenvalue weighted by Crippen LogP contribution is 2.24. The van der Waals surface area contributed by atoms with Crippen LogP contribution in [0.1, 0.15) is 19.8 Å². The van der Waals surface area contributed by atoms with Gasteiger partial charge in [-0.05, 0) is 32.2 Å². The minimum atomic E-state index is 0.251. The molecule has 2 rings (SSSR count). The minimum absolute atomic E-state index is 0.251. The summed E-state index contributed by atoms with van der Waals surface area (Å²) >= 11 is 0. The van der Waals surface area contributed by atoms with Crippen LogP contribution in [0.5, 0.6) is 0 Å². The van der Waals surface area contributed by atoms with Crippen LogP contribution in [0, 0.1) is 5.92 Å². The molecule has 1 amide bonds. The molecule has 0 unspecified atom stereocenters. The molecule has 0 saturated carbocycles. The Morgan fingerprint density at radius 1 is 1.50 bits per heavy atom. The summed E-state index contributed by atoms with van der Waals surface area (Å²) in [6.07, 6.45) is 2.61. The molecule has 2 saturated heterocycles. The summed E-state index contributed by atoms with van der Waals surface area (Å²) in [6, 6.07) is 0.633. The van der Waals surface area contributed by atoms with Crippen LogP contribution in [0.15, 0.2) is 0 Å². The first-order valence-corrected chi connectivity index (χ1v) is 6.40. The Morgan fingerprint density at radius 3 is 3.00 bits per heavy atom. The molecule has 0 aromatic heterocycles. The number of nitrogens with zero attached hydrogens (tertiary/aromatic N) is 2. The van der Waals surface area contributed by atoms with E-state index in [-0.39, 0.29) is 5.91 Å². The van der Waals surface area contributed by atoms with Crippen LogP contribution in [0.25, 0.3) is 0 Å². The first-order valence-electron chi connectivity index (χ1n) is 6.40. The summed E-state index contributed by atoms with van der Waals surface area (Å²) in [7, 11) is 1.88. The van der Waals surface area contributed by atoms with Crippen LogP contribution in [-0.4, -0.2) is 61.5 Å². The van der Waals surface area contributed by atoms with Crippen LogP contribution in [-0.2, 0) is 4.79 Å². The molecule has 0 bridgehead atoms. The van der Waals surface area contributed by atoms with Gasteiger partial charge in [-0.3, -0.25) is 9.69 Å². The lowest BCUT2D eigenvalue weighted by atomic mass is 9.94. The smallest absolute Gasteiger partial charge is 0.236 e. The lowest BCUT2D eigenvalue weighted by Crippen LogP contribution is -2.41. The predicted octanol–water partition coefficient (Wildman–Crippen LogP) is 0.149. The molecule has 0 spiro atoms. The summed E-state index contributed by atoms with van der Waals surface area (Å²) in [5.41, 5.74) is 0. The number of carbonyl (C=O) groups is 1. The predicted molar refractivity (Wildman–Crippen MR) is 64.3 cm³/mol. The molecule has 2 aliphatic heterocycles. The SMILES string of the molecule is CCN(C)C(=O)CN1C[C@@H]2CCCN[C@@H]2C1. The quantitative estimate of drug-likeness (QED) is 0.742. The molecule has 0 aromatic carbocycles. The molecule has 2 aliphatic rings. The number of hydrogen-bond donors (Lipinski definition) is 1. The summed E-state index contributed by atoms with van der Waals surface area (Å²) in [5, 5.41) is 3.56.